The van der Waals surface area contributed by atoms with Crippen LogP contribution in [0.3, 0.4) is 0 Å². The van der Waals surface area contributed by atoms with Crippen LogP contribution in [0.1, 0.15) is 18.3 Å². The SMILES string of the molecule is CC(CO)CSCc1nnnn1-c1ccc(C(F)(F)F)cc1. The van der Waals surface area contributed by atoms with E-state index in [2.05, 4.69) is 15.5 Å². The smallest absolute Gasteiger partial charge is 0.396 e. The second kappa shape index (κ2) is 7.10. The Hall–Kier alpha value is -1.61. The van der Waals surface area contributed by atoms with Crippen LogP contribution in [0, 0.1) is 5.92 Å². The maximum absolute atomic E-state index is 12.5. The van der Waals surface area contributed by atoms with E-state index in [1.54, 1.807) is 11.8 Å². The van der Waals surface area contributed by atoms with Crippen molar-refractivity contribution in [3.05, 3.63) is 35.7 Å². The first-order valence-electron chi connectivity index (χ1n) is 6.55. The van der Waals surface area contributed by atoms with E-state index >= 15 is 0 Å². The molecule has 0 aliphatic heterocycles. The molecule has 1 N–H and O–H groups in total. The monoisotopic (exact) mass is 332 g/mol. The number of rotatable bonds is 6. The summed E-state index contributed by atoms with van der Waals surface area (Å²) in [4.78, 5) is 0. The molecule has 0 amide bonds. The summed E-state index contributed by atoms with van der Waals surface area (Å²) in [6.07, 6.45) is -4.36. The van der Waals surface area contributed by atoms with Gasteiger partial charge in [-0.25, -0.2) is 0 Å². The number of aliphatic hydroxyl groups excluding tert-OH is 1. The van der Waals surface area contributed by atoms with Crippen LogP contribution in [0.4, 0.5) is 13.2 Å². The fourth-order valence-corrected chi connectivity index (χ4v) is 2.68. The van der Waals surface area contributed by atoms with Crippen molar-refractivity contribution in [3.8, 4) is 5.69 Å². The molecule has 0 fully saturated rings. The molecular formula is C13H15F3N4OS. The summed E-state index contributed by atoms with van der Waals surface area (Å²) >= 11 is 1.56. The molecule has 0 spiro atoms. The molecule has 2 rings (SSSR count). The molecule has 22 heavy (non-hydrogen) atoms. The molecular weight excluding hydrogens is 317 g/mol. The van der Waals surface area contributed by atoms with Gasteiger partial charge in [0.05, 0.1) is 17.0 Å². The summed E-state index contributed by atoms with van der Waals surface area (Å²) in [5.41, 5.74) is -0.235. The van der Waals surface area contributed by atoms with Gasteiger partial charge in [-0.2, -0.15) is 29.6 Å². The first kappa shape index (κ1) is 16.8. The minimum Gasteiger partial charge on any atom is -0.396 e. The minimum atomic E-state index is -4.36. The van der Waals surface area contributed by atoms with E-state index in [-0.39, 0.29) is 12.5 Å². The van der Waals surface area contributed by atoms with Crippen molar-refractivity contribution in [3.63, 3.8) is 0 Å². The Morgan fingerprint density at radius 3 is 2.55 bits per heavy atom. The fraction of sp³-hybridized carbons (Fsp3) is 0.462. The predicted molar refractivity (Wildman–Crippen MR) is 76.6 cm³/mol. The van der Waals surface area contributed by atoms with Crippen molar-refractivity contribution in [1.82, 2.24) is 20.2 Å². The largest absolute Gasteiger partial charge is 0.416 e. The number of alkyl halides is 3. The molecule has 0 aliphatic carbocycles. The van der Waals surface area contributed by atoms with Gasteiger partial charge in [-0.1, -0.05) is 6.92 Å². The van der Waals surface area contributed by atoms with E-state index in [9.17, 15) is 13.2 Å². The van der Waals surface area contributed by atoms with Crippen molar-refractivity contribution in [2.45, 2.75) is 18.9 Å². The van der Waals surface area contributed by atoms with Crippen molar-refractivity contribution in [2.24, 2.45) is 5.92 Å². The van der Waals surface area contributed by atoms with Gasteiger partial charge in [0, 0.05) is 6.61 Å². The quantitative estimate of drug-likeness (QED) is 0.881. The topological polar surface area (TPSA) is 63.8 Å². The summed E-state index contributed by atoms with van der Waals surface area (Å²) in [7, 11) is 0. The second-order valence-electron chi connectivity index (χ2n) is 4.85. The molecule has 0 saturated heterocycles. The first-order valence-corrected chi connectivity index (χ1v) is 7.70. The molecule has 1 atom stereocenters. The molecule has 0 saturated carbocycles. The molecule has 0 bridgehead atoms. The zero-order valence-corrected chi connectivity index (χ0v) is 12.6. The summed E-state index contributed by atoms with van der Waals surface area (Å²) < 4.78 is 39.1. The van der Waals surface area contributed by atoms with E-state index in [1.165, 1.54) is 16.8 Å². The van der Waals surface area contributed by atoms with Crippen molar-refractivity contribution in [2.75, 3.05) is 12.4 Å². The highest BCUT2D eigenvalue weighted by atomic mass is 32.2. The lowest BCUT2D eigenvalue weighted by molar-refractivity contribution is -0.137. The molecule has 1 unspecified atom stereocenters. The molecule has 5 nitrogen and oxygen atoms in total. The van der Waals surface area contributed by atoms with Gasteiger partial charge in [0.1, 0.15) is 0 Å². The maximum Gasteiger partial charge on any atom is 0.416 e. The average molecular weight is 332 g/mol. The van der Waals surface area contributed by atoms with Crippen molar-refractivity contribution >= 4 is 11.8 Å². The Balaban J connectivity index is 2.08. The highest BCUT2D eigenvalue weighted by Crippen LogP contribution is 2.29. The summed E-state index contributed by atoms with van der Waals surface area (Å²) in [6.45, 7) is 2.03. The van der Waals surface area contributed by atoms with Gasteiger partial charge >= 0.3 is 6.18 Å². The Kier molecular flexibility index (Phi) is 5.41. The lowest BCUT2D eigenvalue weighted by Gasteiger charge is -2.09. The molecule has 120 valence electrons. The van der Waals surface area contributed by atoms with Gasteiger partial charge in [-0.3, -0.25) is 0 Å². The Morgan fingerprint density at radius 2 is 1.95 bits per heavy atom. The Labute approximate surface area is 129 Å². The van der Waals surface area contributed by atoms with Gasteiger partial charge in [0.25, 0.3) is 0 Å². The van der Waals surface area contributed by atoms with Crippen LogP contribution in [0.5, 0.6) is 0 Å². The molecule has 1 aromatic heterocycles. The number of thioether (sulfide) groups is 1. The number of nitrogens with zero attached hydrogens (tertiary/aromatic N) is 4. The molecule has 9 heteroatoms. The van der Waals surface area contributed by atoms with Crippen LogP contribution < -0.4 is 0 Å². The second-order valence-corrected chi connectivity index (χ2v) is 5.88. The van der Waals surface area contributed by atoms with Crippen LogP contribution in [0.15, 0.2) is 24.3 Å². The lowest BCUT2D eigenvalue weighted by atomic mass is 10.2. The van der Waals surface area contributed by atoms with Crippen LogP contribution in [0.25, 0.3) is 5.69 Å². The van der Waals surface area contributed by atoms with E-state index in [0.717, 1.165) is 17.9 Å². The lowest BCUT2D eigenvalue weighted by Crippen LogP contribution is -2.07. The van der Waals surface area contributed by atoms with Gasteiger partial charge in [-0.05, 0) is 46.4 Å². The number of aromatic nitrogens is 4. The zero-order valence-electron chi connectivity index (χ0n) is 11.8. The molecule has 0 aliphatic rings. The summed E-state index contributed by atoms with van der Waals surface area (Å²) in [6, 6.07) is 4.68. The number of aliphatic hydroxyl groups is 1. The van der Waals surface area contributed by atoms with Crippen molar-refractivity contribution < 1.29 is 18.3 Å². The third-order valence-corrected chi connectivity index (χ3v) is 4.19. The number of hydrogen-bond donors (Lipinski definition) is 1. The van der Waals surface area contributed by atoms with Gasteiger partial charge < -0.3 is 5.11 Å². The van der Waals surface area contributed by atoms with E-state index in [1.807, 2.05) is 6.92 Å². The van der Waals surface area contributed by atoms with Crippen LogP contribution >= 0.6 is 11.8 Å². The number of benzene rings is 1. The normalized spacial score (nSPS) is 13.3. The zero-order chi connectivity index (χ0) is 16.2. The number of halogens is 3. The van der Waals surface area contributed by atoms with Gasteiger partial charge in [0.15, 0.2) is 5.82 Å². The van der Waals surface area contributed by atoms with E-state index in [0.29, 0.717) is 17.3 Å². The Bertz CT molecular complexity index is 600. The van der Waals surface area contributed by atoms with Gasteiger partial charge in [0.2, 0.25) is 0 Å². The minimum absolute atomic E-state index is 0.108. The van der Waals surface area contributed by atoms with Crippen LogP contribution in [-0.4, -0.2) is 37.7 Å². The first-order chi connectivity index (χ1) is 10.4. The molecule has 1 aromatic carbocycles. The molecule has 1 heterocycles. The maximum atomic E-state index is 12.5. The summed E-state index contributed by atoms with van der Waals surface area (Å²) in [5.74, 6) is 1.98. The molecule has 0 radical (unpaired) electrons. The highest BCUT2D eigenvalue weighted by molar-refractivity contribution is 7.98. The number of tetrazole rings is 1. The standard InChI is InChI=1S/C13H15F3N4OS/c1-9(6-21)7-22-8-12-17-18-19-20(12)11-4-2-10(3-5-11)13(14,15)16/h2-5,9,21H,6-8H2,1H3. The summed E-state index contributed by atoms with van der Waals surface area (Å²) in [5, 5.41) is 20.2. The van der Waals surface area contributed by atoms with Crippen LogP contribution in [0.2, 0.25) is 0 Å². The third kappa shape index (κ3) is 4.20. The highest BCUT2D eigenvalue weighted by Gasteiger charge is 2.30. The van der Waals surface area contributed by atoms with E-state index in [4.69, 9.17) is 5.11 Å². The predicted octanol–water partition coefficient (Wildman–Crippen LogP) is 2.54. The molecule has 2 aromatic rings. The van der Waals surface area contributed by atoms with Crippen molar-refractivity contribution in [1.29, 1.82) is 0 Å². The third-order valence-electron chi connectivity index (χ3n) is 2.92. The Morgan fingerprint density at radius 1 is 1.27 bits per heavy atom. The fourth-order valence-electron chi connectivity index (χ4n) is 1.69. The van der Waals surface area contributed by atoms with Crippen LogP contribution in [-0.2, 0) is 11.9 Å². The average Bonchev–Trinajstić information content (AvgIpc) is 2.94. The number of hydrogen-bond acceptors (Lipinski definition) is 5. The van der Waals surface area contributed by atoms with E-state index < -0.39 is 11.7 Å². The van der Waals surface area contributed by atoms with Gasteiger partial charge in [-0.15, -0.1) is 5.10 Å².